The van der Waals surface area contributed by atoms with Gasteiger partial charge in [0, 0.05) is 0 Å². The van der Waals surface area contributed by atoms with Gasteiger partial charge in [0.2, 0.25) is 0 Å². The minimum absolute atomic E-state index is 0.324. The van der Waals surface area contributed by atoms with Gasteiger partial charge < -0.3 is 14.2 Å². The maximum atomic E-state index is 11.8. The molecule has 0 radical (unpaired) electrons. The van der Waals surface area contributed by atoms with Gasteiger partial charge in [-0.15, -0.1) is 0 Å². The summed E-state index contributed by atoms with van der Waals surface area (Å²) in [5.41, 5.74) is 2.31. The Labute approximate surface area is 173 Å². The number of benzene rings is 2. The van der Waals surface area contributed by atoms with Crippen LogP contribution in [0.15, 0.2) is 48.5 Å². The molecule has 156 valence electrons. The van der Waals surface area contributed by atoms with E-state index in [1.807, 2.05) is 36.4 Å². The Hall–Kier alpha value is -2.82. The molecule has 0 atom stereocenters. The zero-order chi connectivity index (χ0) is 20.9. The van der Waals surface area contributed by atoms with Gasteiger partial charge in [-0.25, -0.2) is 9.59 Å². The minimum atomic E-state index is -0.741. The van der Waals surface area contributed by atoms with E-state index in [1.165, 1.54) is 0 Å². The highest BCUT2D eigenvalue weighted by molar-refractivity contribution is 5.86. The number of carbonyl (C=O) groups is 2. The Bertz CT molecular complexity index is 719. The third kappa shape index (κ3) is 8.81. The highest BCUT2D eigenvalue weighted by atomic mass is 16.6. The van der Waals surface area contributed by atoms with Crippen molar-refractivity contribution in [3.05, 3.63) is 59.7 Å². The molecule has 0 spiro atoms. The first-order valence-electron chi connectivity index (χ1n) is 10.3. The lowest BCUT2D eigenvalue weighted by Crippen LogP contribution is -2.23. The summed E-state index contributed by atoms with van der Waals surface area (Å²) in [5, 5.41) is 0. The van der Waals surface area contributed by atoms with Crippen molar-refractivity contribution in [2.24, 2.45) is 0 Å². The van der Waals surface area contributed by atoms with Crippen LogP contribution in [0.3, 0.4) is 0 Å². The molecule has 0 fully saturated rings. The van der Waals surface area contributed by atoms with Crippen molar-refractivity contribution in [2.75, 3.05) is 13.2 Å². The standard InChI is InChI=1S/C24H30O5/c1-3-5-9-19-11-7-13-21(15-19)27-17-23(25)29-24(26)18-28-22-14-8-12-20(16-22)10-6-4-2/h7-8,11-16H,3-6,9-10,17-18H2,1-2H3. The van der Waals surface area contributed by atoms with Crippen molar-refractivity contribution in [1.29, 1.82) is 0 Å². The van der Waals surface area contributed by atoms with Gasteiger partial charge in [0.15, 0.2) is 13.2 Å². The zero-order valence-electron chi connectivity index (χ0n) is 17.3. The van der Waals surface area contributed by atoms with Crippen molar-refractivity contribution in [3.63, 3.8) is 0 Å². The quantitative estimate of drug-likeness (QED) is 0.376. The molecule has 0 aliphatic carbocycles. The molecule has 0 heterocycles. The van der Waals surface area contributed by atoms with Gasteiger partial charge in [-0.3, -0.25) is 0 Å². The van der Waals surface area contributed by atoms with Crippen molar-refractivity contribution < 1.29 is 23.8 Å². The summed E-state index contributed by atoms with van der Waals surface area (Å²) in [6.07, 6.45) is 6.36. The van der Waals surface area contributed by atoms with Gasteiger partial charge >= 0.3 is 11.9 Å². The third-order valence-corrected chi connectivity index (χ3v) is 4.38. The predicted molar refractivity (Wildman–Crippen MR) is 112 cm³/mol. The van der Waals surface area contributed by atoms with Gasteiger partial charge in [0.05, 0.1) is 0 Å². The van der Waals surface area contributed by atoms with Crippen molar-refractivity contribution in [3.8, 4) is 11.5 Å². The second-order valence-electron chi connectivity index (χ2n) is 6.93. The van der Waals surface area contributed by atoms with Crippen LogP contribution in [0.4, 0.5) is 0 Å². The number of esters is 2. The molecule has 2 aromatic rings. The Kier molecular flexibility index (Phi) is 9.76. The summed E-state index contributed by atoms with van der Waals surface area (Å²) < 4.78 is 15.6. The zero-order valence-corrected chi connectivity index (χ0v) is 17.3. The van der Waals surface area contributed by atoms with E-state index in [0.29, 0.717) is 11.5 Å². The van der Waals surface area contributed by atoms with Gasteiger partial charge in [0.1, 0.15) is 11.5 Å². The first kappa shape index (κ1) is 22.5. The van der Waals surface area contributed by atoms with E-state index in [9.17, 15) is 9.59 Å². The highest BCUT2D eigenvalue weighted by Gasteiger charge is 2.12. The molecule has 2 aromatic carbocycles. The molecule has 0 unspecified atom stereocenters. The maximum Gasteiger partial charge on any atom is 0.351 e. The summed E-state index contributed by atoms with van der Waals surface area (Å²) >= 11 is 0. The van der Waals surface area contributed by atoms with Gasteiger partial charge in [0.25, 0.3) is 0 Å². The fraction of sp³-hybridized carbons (Fsp3) is 0.417. The summed E-state index contributed by atoms with van der Waals surface area (Å²) in [6, 6.07) is 15.2. The molecule has 5 nitrogen and oxygen atoms in total. The molecule has 0 aromatic heterocycles. The molecule has 5 heteroatoms. The van der Waals surface area contributed by atoms with Crippen LogP contribution in [0.2, 0.25) is 0 Å². The average molecular weight is 398 g/mol. The van der Waals surface area contributed by atoms with E-state index in [0.717, 1.165) is 49.7 Å². The smallest absolute Gasteiger partial charge is 0.351 e. The first-order valence-corrected chi connectivity index (χ1v) is 10.3. The normalized spacial score (nSPS) is 10.4. The SMILES string of the molecule is CCCCc1cccc(OCC(=O)OC(=O)COc2cccc(CCCC)c2)c1. The Morgan fingerprint density at radius 2 is 1.17 bits per heavy atom. The molecular weight excluding hydrogens is 368 g/mol. The van der Waals surface area contributed by atoms with Crippen LogP contribution in [0, 0.1) is 0 Å². The van der Waals surface area contributed by atoms with E-state index in [-0.39, 0.29) is 13.2 Å². The monoisotopic (exact) mass is 398 g/mol. The van der Waals surface area contributed by atoms with Crippen molar-refractivity contribution in [1.82, 2.24) is 0 Å². The summed E-state index contributed by atoms with van der Waals surface area (Å²) in [7, 11) is 0. The maximum absolute atomic E-state index is 11.8. The molecule has 0 aliphatic rings. The number of unbranched alkanes of at least 4 members (excludes halogenated alkanes) is 2. The minimum Gasteiger partial charge on any atom is -0.482 e. The number of hydrogen-bond donors (Lipinski definition) is 0. The Morgan fingerprint density at radius 1 is 0.724 bits per heavy atom. The predicted octanol–water partition coefficient (Wildman–Crippen LogP) is 4.90. The van der Waals surface area contributed by atoms with Crippen molar-refractivity contribution in [2.45, 2.75) is 52.4 Å². The Morgan fingerprint density at radius 3 is 1.59 bits per heavy atom. The number of hydrogen-bond acceptors (Lipinski definition) is 5. The van der Waals surface area contributed by atoms with E-state index in [2.05, 4.69) is 13.8 Å². The summed E-state index contributed by atoms with van der Waals surface area (Å²) in [4.78, 5) is 23.7. The molecule has 2 rings (SSSR count). The van der Waals surface area contributed by atoms with Crippen LogP contribution in [0.5, 0.6) is 11.5 Å². The molecule has 0 bridgehead atoms. The lowest BCUT2D eigenvalue weighted by atomic mass is 10.1. The molecule has 0 saturated heterocycles. The first-order chi connectivity index (χ1) is 14.1. The topological polar surface area (TPSA) is 61.8 Å². The molecular formula is C24H30O5. The fourth-order valence-electron chi connectivity index (χ4n) is 2.81. The van der Waals surface area contributed by atoms with Gasteiger partial charge in [-0.05, 0) is 61.1 Å². The van der Waals surface area contributed by atoms with Gasteiger partial charge in [-0.1, -0.05) is 51.0 Å². The highest BCUT2D eigenvalue weighted by Crippen LogP contribution is 2.16. The van der Waals surface area contributed by atoms with E-state index < -0.39 is 11.9 Å². The Balaban J connectivity index is 1.73. The second kappa shape index (κ2) is 12.6. The van der Waals surface area contributed by atoms with Crippen LogP contribution in [-0.4, -0.2) is 25.2 Å². The van der Waals surface area contributed by atoms with Crippen LogP contribution in [-0.2, 0) is 27.2 Å². The summed E-state index contributed by atoms with van der Waals surface area (Å²) in [5.74, 6) is -0.310. The number of aryl methyl sites for hydroxylation is 2. The lowest BCUT2D eigenvalue weighted by Gasteiger charge is -2.09. The van der Waals surface area contributed by atoms with E-state index in [1.54, 1.807) is 12.1 Å². The van der Waals surface area contributed by atoms with Crippen LogP contribution >= 0.6 is 0 Å². The number of rotatable bonds is 12. The van der Waals surface area contributed by atoms with E-state index >= 15 is 0 Å². The van der Waals surface area contributed by atoms with Crippen LogP contribution < -0.4 is 9.47 Å². The number of ether oxygens (including phenoxy) is 3. The largest absolute Gasteiger partial charge is 0.482 e. The fourth-order valence-corrected chi connectivity index (χ4v) is 2.81. The molecule has 0 saturated carbocycles. The van der Waals surface area contributed by atoms with E-state index in [4.69, 9.17) is 14.2 Å². The molecule has 0 N–H and O–H groups in total. The van der Waals surface area contributed by atoms with Crippen LogP contribution in [0.25, 0.3) is 0 Å². The number of carbonyl (C=O) groups excluding carboxylic acids is 2. The van der Waals surface area contributed by atoms with Crippen molar-refractivity contribution >= 4 is 11.9 Å². The second-order valence-corrected chi connectivity index (χ2v) is 6.93. The van der Waals surface area contributed by atoms with Crippen LogP contribution in [0.1, 0.15) is 50.7 Å². The lowest BCUT2D eigenvalue weighted by molar-refractivity contribution is -0.162. The molecule has 0 amide bonds. The average Bonchev–Trinajstić information content (AvgIpc) is 2.74. The van der Waals surface area contributed by atoms with Gasteiger partial charge in [-0.2, -0.15) is 0 Å². The molecule has 0 aliphatic heterocycles. The third-order valence-electron chi connectivity index (χ3n) is 4.38. The molecule has 29 heavy (non-hydrogen) atoms. The summed E-state index contributed by atoms with van der Waals surface area (Å²) in [6.45, 7) is 3.63.